The van der Waals surface area contributed by atoms with Crippen molar-refractivity contribution in [1.29, 1.82) is 0 Å². The summed E-state index contributed by atoms with van der Waals surface area (Å²) in [5, 5.41) is 0. The fourth-order valence-corrected chi connectivity index (χ4v) is 6.80. The van der Waals surface area contributed by atoms with Gasteiger partial charge in [0.2, 0.25) is 5.69 Å². The summed E-state index contributed by atoms with van der Waals surface area (Å²) < 4.78 is 41.6. The third-order valence-corrected chi connectivity index (χ3v) is 9.52. The maximum atomic E-state index is 5.99. The minimum absolute atomic E-state index is 0.129. The molecule has 0 N–H and O–H groups in total. The molecule has 0 saturated carbocycles. The van der Waals surface area contributed by atoms with Gasteiger partial charge >= 0.3 is 0 Å². The number of para-hydroxylation sites is 2. The molecule has 0 atom stereocenters. The summed E-state index contributed by atoms with van der Waals surface area (Å²) >= 11 is 0. The van der Waals surface area contributed by atoms with Gasteiger partial charge in [0.05, 0.1) is 78.1 Å². The van der Waals surface area contributed by atoms with E-state index in [2.05, 4.69) is 123 Å². The molecule has 0 amide bonds. The molecule has 2 aliphatic heterocycles. The number of nitrogens with zero attached hydrogens (tertiary/aromatic N) is 2. The lowest BCUT2D eigenvalue weighted by atomic mass is 9.81. The predicted molar refractivity (Wildman–Crippen MR) is 210 cm³/mol. The molecule has 52 heavy (non-hydrogen) atoms. The Labute approximate surface area is 312 Å². The first-order valence-corrected chi connectivity index (χ1v) is 19.0. The monoisotopic (exact) mass is 719 g/mol. The molecule has 0 radical (unpaired) electrons. The van der Waals surface area contributed by atoms with Gasteiger partial charge in [-0.1, -0.05) is 75.4 Å². The summed E-state index contributed by atoms with van der Waals surface area (Å²) in [6.07, 6.45) is 12.0. The van der Waals surface area contributed by atoms with Gasteiger partial charge in [-0.3, -0.25) is 0 Å². The highest BCUT2D eigenvalue weighted by atomic mass is 16.6. The van der Waals surface area contributed by atoms with E-state index in [9.17, 15) is 0 Å². The number of hydrogen-bond acceptors (Lipinski definition) is 8. The smallest absolute Gasteiger partial charge is 0.209 e. The molecule has 286 valence electrons. The summed E-state index contributed by atoms with van der Waals surface area (Å²) in [6.45, 7) is 20.6. The van der Waals surface area contributed by atoms with E-state index in [-0.39, 0.29) is 10.8 Å². The molecule has 2 heterocycles. The van der Waals surface area contributed by atoms with Crippen LogP contribution in [-0.2, 0) is 44.0 Å². The van der Waals surface area contributed by atoms with Crippen molar-refractivity contribution in [2.24, 2.45) is 0 Å². The summed E-state index contributed by atoms with van der Waals surface area (Å²) in [5.74, 6) is 0. The first-order chi connectivity index (χ1) is 25.3. The second kappa shape index (κ2) is 22.2. The minimum atomic E-state index is -0.134. The lowest BCUT2D eigenvalue weighted by Gasteiger charge is -2.27. The van der Waals surface area contributed by atoms with Crippen LogP contribution in [0.25, 0.3) is 0 Å². The van der Waals surface area contributed by atoms with Gasteiger partial charge in [0, 0.05) is 54.8 Å². The highest BCUT2D eigenvalue weighted by Gasteiger charge is 2.44. The van der Waals surface area contributed by atoms with Gasteiger partial charge in [-0.2, -0.15) is 4.58 Å². The molecule has 0 unspecified atom stereocenters. The molecular formula is C43H63N2O7+. The fourth-order valence-electron chi connectivity index (χ4n) is 6.80. The maximum Gasteiger partial charge on any atom is 0.209 e. The van der Waals surface area contributed by atoms with Crippen molar-refractivity contribution in [3.05, 3.63) is 95.7 Å². The number of benzene rings is 2. The zero-order valence-corrected chi connectivity index (χ0v) is 32.6. The van der Waals surface area contributed by atoms with E-state index in [0.717, 1.165) is 26.1 Å². The topological polar surface area (TPSA) is 70.9 Å². The van der Waals surface area contributed by atoms with Crippen LogP contribution in [0, 0.1) is 0 Å². The Balaban J connectivity index is 1.36. The van der Waals surface area contributed by atoms with Crippen LogP contribution in [0.1, 0.15) is 52.2 Å². The Morgan fingerprint density at radius 2 is 1.15 bits per heavy atom. The Morgan fingerprint density at radius 3 is 1.81 bits per heavy atom. The molecule has 9 heteroatoms. The van der Waals surface area contributed by atoms with E-state index < -0.39 is 0 Å². The van der Waals surface area contributed by atoms with Crippen LogP contribution in [0.15, 0.2) is 84.6 Å². The number of allylic oxidation sites excluding steroid dienone is 6. The van der Waals surface area contributed by atoms with Gasteiger partial charge in [0.1, 0.15) is 6.61 Å². The van der Waals surface area contributed by atoms with Crippen molar-refractivity contribution < 1.29 is 37.7 Å². The molecule has 0 saturated heterocycles. The first kappa shape index (κ1) is 41.6. The Kier molecular flexibility index (Phi) is 17.7. The van der Waals surface area contributed by atoms with E-state index >= 15 is 0 Å². The van der Waals surface area contributed by atoms with E-state index in [4.69, 9.17) is 33.2 Å². The number of rotatable bonds is 26. The molecule has 2 aromatic carbocycles. The lowest BCUT2D eigenvalue weighted by Crippen LogP contribution is -2.29. The highest BCUT2D eigenvalue weighted by molar-refractivity contribution is 6.03. The summed E-state index contributed by atoms with van der Waals surface area (Å²) in [5.41, 5.74) is 7.39. The quantitative estimate of drug-likeness (QED) is 0.0585. The van der Waals surface area contributed by atoms with E-state index in [0.29, 0.717) is 79.3 Å². The minimum Gasteiger partial charge on any atom is -0.382 e. The van der Waals surface area contributed by atoms with Crippen LogP contribution in [0.4, 0.5) is 11.4 Å². The number of hydrogen-bond donors (Lipinski definition) is 0. The fraction of sp³-hybridized carbons (Fsp3) is 0.558. The van der Waals surface area contributed by atoms with E-state index in [1.165, 1.54) is 33.9 Å². The van der Waals surface area contributed by atoms with Crippen LogP contribution in [-0.4, -0.2) is 116 Å². The zero-order chi connectivity index (χ0) is 37.1. The summed E-state index contributed by atoms with van der Waals surface area (Å²) in [6, 6.07) is 17.4. The second-order valence-corrected chi connectivity index (χ2v) is 13.9. The number of methoxy groups -OCH3 is 1. The Hall–Kier alpha value is -3.15. The predicted octanol–water partition coefficient (Wildman–Crippen LogP) is 7.01. The van der Waals surface area contributed by atoms with Crippen molar-refractivity contribution in [2.75, 3.05) is 111 Å². The number of anilines is 1. The van der Waals surface area contributed by atoms with Crippen molar-refractivity contribution in [3.63, 3.8) is 0 Å². The van der Waals surface area contributed by atoms with Gasteiger partial charge < -0.3 is 38.1 Å². The van der Waals surface area contributed by atoms with Gasteiger partial charge in [0.15, 0.2) is 12.3 Å². The molecular weight excluding hydrogens is 656 g/mol. The molecule has 0 bridgehead atoms. The van der Waals surface area contributed by atoms with Crippen molar-refractivity contribution >= 4 is 17.1 Å². The van der Waals surface area contributed by atoms with Crippen LogP contribution in [0.5, 0.6) is 0 Å². The third-order valence-electron chi connectivity index (χ3n) is 9.52. The molecule has 2 aliphatic rings. The van der Waals surface area contributed by atoms with Gasteiger partial charge in [-0.05, 0) is 38.0 Å². The van der Waals surface area contributed by atoms with Crippen molar-refractivity contribution in [3.8, 4) is 0 Å². The van der Waals surface area contributed by atoms with Crippen LogP contribution >= 0.6 is 0 Å². The van der Waals surface area contributed by atoms with Crippen LogP contribution < -0.4 is 4.90 Å². The van der Waals surface area contributed by atoms with Crippen molar-refractivity contribution in [1.82, 2.24) is 0 Å². The van der Waals surface area contributed by atoms with Gasteiger partial charge in [-0.25, -0.2) is 0 Å². The Morgan fingerprint density at radius 1 is 0.596 bits per heavy atom. The molecule has 2 aromatic rings. The molecule has 0 aliphatic carbocycles. The number of ether oxygens (including phenoxy) is 7. The second-order valence-electron chi connectivity index (χ2n) is 13.9. The van der Waals surface area contributed by atoms with Gasteiger partial charge in [0.25, 0.3) is 0 Å². The molecule has 0 aromatic heterocycles. The summed E-state index contributed by atoms with van der Waals surface area (Å²) in [4.78, 5) is 2.40. The molecule has 0 fully saturated rings. The largest absolute Gasteiger partial charge is 0.382 e. The molecule has 4 rings (SSSR count). The van der Waals surface area contributed by atoms with E-state index in [1.54, 1.807) is 7.11 Å². The third kappa shape index (κ3) is 11.7. The highest BCUT2D eigenvalue weighted by Crippen LogP contribution is 2.47. The lowest BCUT2D eigenvalue weighted by molar-refractivity contribution is -0.442. The van der Waals surface area contributed by atoms with Crippen molar-refractivity contribution in [2.45, 2.75) is 51.9 Å². The van der Waals surface area contributed by atoms with E-state index in [1.807, 2.05) is 0 Å². The maximum absolute atomic E-state index is 5.99. The molecule has 9 nitrogen and oxygen atoms in total. The first-order valence-electron chi connectivity index (χ1n) is 19.0. The van der Waals surface area contributed by atoms with Crippen LogP contribution in [0.3, 0.4) is 0 Å². The summed E-state index contributed by atoms with van der Waals surface area (Å²) in [7, 11) is 1.67. The SMILES string of the molecule is CCCOCCOCCOCCN1/C(=C/C=C\C=C/C2=[N+](CCOCCOCCOCCOC)c3ccccc3C2(C)C)C(C)(C)c2ccccc21. The standard InChI is InChI=1S/C43H63N2O7/c1-7-23-47-28-31-51-32-29-48-24-21-44-38-17-13-11-15-36(38)42(2,3)40(44)19-9-8-10-20-41-43(4,5)37-16-12-14-18-39(37)45(41)22-25-49-30-33-52-35-34-50-27-26-46-6/h8-20H,7,21-35H2,1-6H3/q+1. The number of fused-ring (bicyclic) bond motifs is 2. The normalized spacial score (nSPS) is 17.0. The van der Waals surface area contributed by atoms with Crippen LogP contribution in [0.2, 0.25) is 0 Å². The molecule has 0 spiro atoms. The average molecular weight is 720 g/mol. The Bertz CT molecular complexity index is 1480. The zero-order valence-electron chi connectivity index (χ0n) is 32.6. The van der Waals surface area contributed by atoms with Gasteiger partial charge in [-0.15, -0.1) is 0 Å². The average Bonchev–Trinajstić information content (AvgIpc) is 3.49.